The molecule has 0 aliphatic heterocycles. The van der Waals surface area contributed by atoms with Crippen molar-refractivity contribution in [1.29, 1.82) is 0 Å². The summed E-state index contributed by atoms with van der Waals surface area (Å²) in [5, 5.41) is 0. The first-order valence-electron chi connectivity index (χ1n) is 7.30. The standard InChI is InChI=1S/C6H12.C5H10.2C2H6/c1-2-4-6-5-3-1;1-4-3-5(4)2;2*1-2/h1-6H2;4-5H,3H2,1-2H3;2*1-2H3. The van der Waals surface area contributed by atoms with Gasteiger partial charge in [0.25, 0.3) is 0 Å². The van der Waals surface area contributed by atoms with Crippen LogP contribution in [0.5, 0.6) is 0 Å². The van der Waals surface area contributed by atoms with Gasteiger partial charge >= 0.3 is 0 Å². The van der Waals surface area contributed by atoms with E-state index in [0.717, 1.165) is 11.8 Å². The van der Waals surface area contributed by atoms with Crippen molar-refractivity contribution in [2.45, 2.75) is 86.5 Å². The fourth-order valence-corrected chi connectivity index (χ4v) is 1.57. The lowest BCUT2D eigenvalue weighted by atomic mass is 10.0. The topological polar surface area (TPSA) is 0 Å². The van der Waals surface area contributed by atoms with Crippen molar-refractivity contribution < 1.29 is 0 Å². The van der Waals surface area contributed by atoms with E-state index < -0.39 is 0 Å². The molecule has 2 rings (SSSR count). The van der Waals surface area contributed by atoms with Crippen LogP contribution in [0.25, 0.3) is 0 Å². The predicted molar refractivity (Wildman–Crippen MR) is 73.3 cm³/mol. The maximum atomic E-state index is 2.30. The van der Waals surface area contributed by atoms with Crippen LogP contribution in [0.1, 0.15) is 86.5 Å². The minimum Gasteiger partial charge on any atom is -0.0683 e. The van der Waals surface area contributed by atoms with Crippen molar-refractivity contribution >= 4 is 0 Å². The van der Waals surface area contributed by atoms with Crippen LogP contribution in [0.4, 0.5) is 0 Å². The molecule has 0 aromatic heterocycles. The fourth-order valence-electron chi connectivity index (χ4n) is 1.57. The van der Waals surface area contributed by atoms with E-state index in [0.29, 0.717) is 0 Å². The third-order valence-electron chi connectivity index (χ3n) is 3.01. The number of rotatable bonds is 0. The third-order valence-corrected chi connectivity index (χ3v) is 3.01. The van der Waals surface area contributed by atoms with Gasteiger partial charge in [0.05, 0.1) is 0 Å². The van der Waals surface area contributed by atoms with Gasteiger partial charge in [0.15, 0.2) is 0 Å². The van der Waals surface area contributed by atoms with Crippen LogP contribution in [0, 0.1) is 11.8 Å². The van der Waals surface area contributed by atoms with Crippen molar-refractivity contribution in [3.05, 3.63) is 0 Å². The Morgan fingerprint density at radius 1 is 0.533 bits per heavy atom. The van der Waals surface area contributed by atoms with E-state index in [9.17, 15) is 0 Å². The van der Waals surface area contributed by atoms with Crippen molar-refractivity contribution in [3.63, 3.8) is 0 Å². The van der Waals surface area contributed by atoms with Gasteiger partial charge in [-0.25, -0.2) is 0 Å². The maximum Gasteiger partial charge on any atom is -0.0414 e. The predicted octanol–water partition coefficient (Wildman–Crippen LogP) is 6.06. The molecule has 0 heterocycles. The molecule has 0 bridgehead atoms. The van der Waals surface area contributed by atoms with Crippen molar-refractivity contribution in [3.8, 4) is 0 Å². The Balaban J connectivity index is 0. The lowest BCUT2D eigenvalue weighted by Gasteiger charge is -2.05. The molecule has 0 N–H and O–H groups in total. The van der Waals surface area contributed by atoms with Gasteiger partial charge in [-0.2, -0.15) is 0 Å². The molecule has 2 unspecified atom stereocenters. The van der Waals surface area contributed by atoms with Crippen LogP contribution in [-0.2, 0) is 0 Å². The van der Waals surface area contributed by atoms with Gasteiger partial charge in [0.2, 0.25) is 0 Å². The smallest absolute Gasteiger partial charge is 0.0414 e. The van der Waals surface area contributed by atoms with Crippen LogP contribution in [0.2, 0.25) is 0 Å². The summed E-state index contributed by atoms with van der Waals surface area (Å²) in [6, 6.07) is 0. The average Bonchev–Trinajstić information content (AvgIpc) is 3.01. The summed E-state index contributed by atoms with van der Waals surface area (Å²) in [4.78, 5) is 0. The van der Waals surface area contributed by atoms with E-state index in [4.69, 9.17) is 0 Å². The molecule has 2 aliphatic rings. The molecule has 2 atom stereocenters. The van der Waals surface area contributed by atoms with Crippen molar-refractivity contribution in [1.82, 2.24) is 0 Å². The summed E-state index contributed by atoms with van der Waals surface area (Å²) >= 11 is 0. The van der Waals surface area contributed by atoms with E-state index in [1.165, 1.54) is 44.9 Å². The molecule has 15 heavy (non-hydrogen) atoms. The Labute approximate surface area is 98.9 Å². The molecule has 2 saturated carbocycles. The zero-order chi connectivity index (χ0) is 12.1. The molecule has 2 aliphatic carbocycles. The van der Waals surface area contributed by atoms with Crippen LogP contribution in [-0.4, -0.2) is 0 Å². The van der Waals surface area contributed by atoms with Crippen molar-refractivity contribution in [2.75, 3.05) is 0 Å². The molecule has 0 saturated heterocycles. The monoisotopic (exact) mass is 214 g/mol. The van der Waals surface area contributed by atoms with E-state index in [2.05, 4.69) is 13.8 Å². The lowest BCUT2D eigenvalue weighted by Crippen LogP contribution is -1.85. The summed E-state index contributed by atoms with van der Waals surface area (Å²) in [6.07, 6.45) is 10.5. The Kier molecular flexibility index (Phi) is 16.2. The van der Waals surface area contributed by atoms with E-state index in [-0.39, 0.29) is 0 Å². The summed E-state index contributed by atoms with van der Waals surface area (Å²) < 4.78 is 0. The van der Waals surface area contributed by atoms with Crippen LogP contribution in [0.15, 0.2) is 0 Å². The van der Waals surface area contributed by atoms with Crippen LogP contribution in [0.3, 0.4) is 0 Å². The fraction of sp³-hybridized carbons (Fsp3) is 1.00. The third kappa shape index (κ3) is 14.0. The number of hydrogen-bond acceptors (Lipinski definition) is 0. The van der Waals surface area contributed by atoms with Gasteiger partial charge in [-0.15, -0.1) is 0 Å². The second-order valence-electron chi connectivity index (χ2n) is 4.31. The largest absolute Gasteiger partial charge is 0.0683 e. The van der Waals surface area contributed by atoms with Gasteiger partial charge in [-0.1, -0.05) is 80.1 Å². The summed E-state index contributed by atoms with van der Waals surface area (Å²) in [7, 11) is 0. The Bertz CT molecular complexity index is 74.7. The normalized spacial score (nSPS) is 26.8. The highest BCUT2D eigenvalue weighted by Crippen LogP contribution is 2.36. The molecule has 0 heteroatoms. The Morgan fingerprint density at radius 2 is 0.667 bits per heavy atom. The van der Waals surface area contributed by atoms with E-state index >= 15 is 0 Å². The zero-order valence-electron chi connectivity index (χ0n) is 12.1. The second-order valence-corrected chi connectivity index (χ2v) is 4.31. The van der Waals surface area contributed by atoms with Gasteiger partial charge < -0.3 is 0 Å². The van der Waals surface area contributed by atoms with Gasteiger partial charge in [-0.3, -0.25) is 0 Å². The minimum absolute atomic E-state index is 1.05. The maximum absolute atomic E-state index is 2.30. The quantitative estimate of drug-likeness (QED) is 0.460. The summed E-state index contributed by atoms with van der Waals surface area (Å²) in [5.74, 6) is 2.10. The molecular formula is C15H34. The van der Waals surface area contributed by atoms with Gasteiger partial charge in [0.1, 0.15) is 0 Å². The van der Waals surface area contributed by atoms with E-state index in [1.54, 1.807) is 0 Å². The highest BCUT2D eigenvalue weighted by atomic mass is 14.3. The lowest BCUT2D eigenvalue weighted by molar-refractivity contribution is 0.504. The molecule has 0 spiro atoms. The molecule has 2 fully saturated rings. The van der Waals surface area contributed by atoms with E-state index in [1.807, 2.05) is 27.7 Å². The van der Waals surface area contributed by atoms with Crippen LogP contribution >= 0.6 is 0 Å². The molecule has 0 aromatic rings. The molecule has 0 radical (unpaired) electrons. The molecule has 0 nitrogen and oxygen atoms in total. The average molecular weight is 214 g/mol. The first-order chi connectivity index (χ1) is 7.30. The molecular weight excluding hydrogens is 180 g/mol. The Morgan fingerprint density at radius 3 is 0.733 bits per heavy atom. The zero-order valence-corrected chi connectivity index (χ0v) is 12.1. The first-order valence-corrected chi connectivity index (χ1v) is 7.30. The van der Waals surface area contributed by atoms with Crippen molar-refractivity contribution in [2.24, 2.45) is 11.8 Å². The molecule has 94 valence electrons. The highest BCUT2D eigenvalue weighted by molar-refractivity contribution is 4.76. The van der Waals surface area contributed by atoms with Gasteiger partial charge in [-0.05, 0) is 18.3 Å². The SMILES string of the molecule is C1CCCCC1.CC.CC.CC1CC1C. The number of hydrogen-bond donors (Lipinski definition) is 0. The Hall–Kier alpha value is 0. The summed E-state index contributed by atoms with van der Waals surface area (Å²) in [6.45, 7) is 12.6. The molecule has 0 amide bonds. The highest BCUT2D eigenvalue weighted by Gasteiger charge is 2.26. The molecule has 0 aromatic carbocycles. The second kappa shape index (κ2) is 14.0. The van der Waals surface area contributed by atoms with Gasteiger partial charge in [0, 0.05) is 0 Å². The first kappa shape index (κ1) is 17.4. The van der Waals surface area contributed by atoms with Crippen LogP contribution < -0.4 is 0 Å². The summed E-state index contributed by atoms with van der Waals surface area (Å²) in [5.41, 5.74) is 0. The minimum atomic E-state index is 1.05.